The van der Waals surface area contributed by atoms with Crippen molar-refractivity contribution in [3.63, 3.8) is 0 Å². The van der Waals surface area contributed by atoms with Gasteiger partial charge in [0, 0.05) is 5.92 Å². The number of carboxylic acids is 1. The van der Waals surface area contributed by atoms with E-state index in [2.05, 4.69) is 22.4 Å². The van der Waals surface area contributed by atoms with E-state index < -0.39 is 11.5 Å². The number of nitrogens with zero attached hydrogens (tertiary/aromatic N) is 4. The first kappa shape index (κ1) is 15.9. The summed E-state index contributed by atoms with van der Waals surface area (Å²) in [4.78, 5) is 11.4. The van der Waals surface area contributed by atoms with Crippen LogP contribution in [0.3, 0.4) is 0 Å². The molecule has 0 aliphatic heterocycles. The normalized spacial score (nSPS) is 23.2. The first-order chi connectivity index (χ1) is 9.96. The van der Waals surface area contributed by atoms with Gasteiger partial charge in [-0.05, 0) is 55.9 Å². The van der Waals surface area contributed by atoms with E-state index >= 15 is 0 Å². The molecule has 0 unspecified atom stereocenters. The summed E-state index contributed by atoms with van der Waals surface area (Å²) in [5.41, 5.74) is -1.10. The van der Waals surface area contributed by atoms with Gasteiger partial charge in [-0.2, -0.15) is 0 Å². The highest BCUT2D eigenvalue weighted by Gasteiger charge is 2.36. The summed E-state index contributed by atoms with van der Waals surface area (Å²) >= 11 is 0. The van der Waals surface area contributed by atoms with E-state index in [4.69, 9.17) is 0 Å². The Morgan fingerprint density at radius 1 is 1.33 bits per heavy atom. The van der Waals surface area contributed by atoms with Crippen molar-refractivity contribution < 1.29 is 9.90 Å². The SMILES string of the molecule is CCCCC1CCC(c2nnnn2C(C)(C)C(=O)O)CC1. The lowest BCUT2D eigenvalue weighted by molar-refractivity contribution is -0.146. The molecule has 0 radical (unpaired) electrons. The summed E-state index contributed by atoms with van der Waals surface area (Å²) in [6.07, 6.45) is 8.39. The van der Waals surface area contributed by atoms with E-state index in [9.17, 15) is 9.90 Å². The monoisotopic (exact) mass is 294 g/mol. The highest BCUT2D eigenvalue weighted by Crippen LogP contribution is 2.37. The molecular weight excluding hydrogens is 268 g/mol. The Bertz CT molecular complexity index is 476. The Labute approximate surface area is 125 Å². The highest BCUT2D eigenvalue weighted by molar-refractivity contribution is 5.75. The van der Waals surface area contributed by atoms with Crippen LogP contribution in [0.1, 0.15) is 77.5 Å². The average molecular weight is 294 g/mol. The van der Waals surface area contributed by atoms with Crippen molar-refractivity contribution in [1.82, 2.24) is 20.2 Å². The largest absolute Gasteiger partial charge is 0.479 e. The maximum Gasteiger partial charge on any atom is 0.331 e. The number of aliphatic carboxylic acids is 1. The van der Waals surface area contributed by atoms with Gasteiger partial charge in [-0.1, -0.05) is 26.2 Å². The fourth-order valence-corrected chi connectivity index (χ4v) is 3.14. The highest BCUT2D eigenvalue weighted by atomic mass is 16.4. The molecule has 6 nitrogen and oxygen atoms in total. The summed E-state index contributed by atoms with van der Waals surface area (Å²) in [7, 11) is 0. The van der Waals surface area contributed by atoms with Gasteiger partial charge in [0.25, 0.3) is 0 Å². The van der Waals surface area contributed by atoms with Crippen molar-refractivity contribution in [3.05, 3.63) is 5.82 Å². The number of hydrogen-bond donors (Lipinski definition) is 1. The molecular formula is C15H26N4O2. The maximum absolute atomic E-state index is 11.4. The minimum atomic E-state index is -1.10. The van der Waals surface area contributed by atoms with Gasteiger partial charge in [0.05, 0.1) is 0 Å². The smallest absolute Gasteiger partial charge is 0.331 e. The number of hydrogen-bond acceptors (Lipinski definition) is 4. The van der Waals surface area contributed by atoms with Crippen LogP contribution in [0.15, 0.2) is 0 Å². The predicted molar refractivity (Wildman–Crippen MR) is 79.0 cm³/mol. The molecule has 2 rings (SSSR count). The van der Waals surface area contributed by atoms with Crippen LogP contribution in [-0.2, 0) is 10.3 Å². The van der Waals surface area contributed by atoms with Crippen molar-refractivity contribution in [2.45, 2.75) is 77.2 Å². The molecule has 0 bridgehead atoms. The molecule has 0 atom stereocenters. The second-order valence-corrected chi connectivity index (χ2v) is 6.67. The molecule has 1 aromatic heterocycles. The minimum Gasteiger partial charge on any atom is -0.479 e. The standard InChI is InChI=1S/C15H26N4O2/c1-4-5-6-11-7-9-12(10-8-11)13-16-17-18-19(13)15(2,3)14(20)21/h11-12H,4-10H2,1-3H3,(H,20,21). The van der Waals surface area contributed by atoms with E-state index in [1.807, 2.05) is 0 Å². The third-order valence-electron chi connectivity index (χ3n) is 4.72. The molecule has 1 aliphatic carbocycles. The van der Waals surface area contributed by atoms with Crippen LogP contribution >= 0.6 is 0 Å². The molecule has 1 saturated carbocycles. The van der Waals surface area contributed by atoms with Crippen LogP contribution in [-0.4, -0.2) is 31.3 Å². The number of unbranched alkanes of at least 4 members (excludes halogenated alkanes) is 1. The molecule has 1 aromatic rings. The number of rotatable bonds is 6. The van der Waals surface area contributed by atoms with Crippen LogP contribution in [0.5, 0.6) is 0 Å². The van der Waals surface area contributed by atoms with E-state index in [1.165, 1.54) is 36.8 Å². The van der Waals surface area contributed by atoms with Crippen LogP contribution in [0, 0.1) is 5.92 Å². The molecule has 0 amide bonds. The van der Waals surface area contributed by atoms with Gasteiger partial charge in [-0.15, -0.1) is 5.10 Å². The van der Waals surface area contributed by atoms with Crippen LogP contribution < -0.4 is 0 Å². The summed E-state index contributed by atoms with van der Waals surface area (Å²) in [6, 6.07) is 0. The fourth-order valence-electron chi connectivity index (χ4n) is 3.14. The van der Waals surface area contributed by atoms with Crippen molar-refractivity contribution in [3.8, 4) is 0 Å². The second-order valence-electron chi connectivity index (χ2n) is 6.67. The lowest BCUT2D eigenvalue weighted by Crippen LogP contribution is -2.38. The zero-order valence-electron chi connectivity index (χ0n) is 13.2. The number of tetrazole rings is 1. The van der Waals surface area contributed by atoms with Crippen molar-refractivity contribution in [2.75, 3.05) is 0 Å². The lowest BCUT2D eigenvalue weighted by atomic mass is 9.79. The third-order valence-corrected chi connectivity index (χ3v) is 4.72. The molecule has 0 spiro atoms. The van der Waals surface area contributed by atoms with Gasteiger partial charge in [0.2, 0.25) is 0 Å². The number of carboxylic acid groups (broad SMARTS) is 1. The molecule has 21 heavy (non-hydrogen) atoms. The Kier molecular flexibility index (Phi) is 4.96. The van der Waals surface area contributed by atoms with Crippen LogP contribution in [0.25, 0.3) is 0 Å². The van der Waals surface area contributed by atoms with Gasteiger partial charge < -0.3 is 5.11 Å². The summed E-state index contributed by atoms with van der Waals surface area (Å²) in [5, 5.41) is 21.1. The molecule has 1 aliphatic rings. The zero-order valence-corrected chi connectivity index (χ0v) is 13.2. The zero-order chi connectivity index (χ0) is 15.5. The first-order valence-electron chi connectivity index (χ1n) is 7.99. The predicted octanol–water partition coefficient (Wildman–Crippen LogP) is 2.96. The van der Waals surface area contributed by atoms with Crippen molar-refractivity contribution >= 4 is 5.97 Å². The Morgan fingerprint density at radius 3 is 2.57 bits per heavy atom. The van der Waals surface area contributed by atoms with E-state index in [0.29, 0.717) is 0 Å². The Morgan fingerprint density at radius 2 is 2.00 bits per heavy atom. The summed E-state index contributed by atoms with van der Waals surface area (Å²) in [6.45, 7) is 5.51. The molecule has 118 valence electrons. The van der Waals surface area contributed by atoms with Gasteiger partial charge in [-0.25, -0.2) is 9.48 Å². The fraction of sp³-hybridized carbons (Fsp3) is 0.867. The van der Waals surface area contributed by atoms with E-state index in [-0.39, 0.29) is 5.92 Å². The minimum absolute atomic E-state index is 0.288. The molecule has 6 heteroatoms. The lowest BCUT2D eigenvalue weighted by Gasteiger charge is -2.29. The quantitative estimate of drug-likeness (QED) is 0.872. The van der Waals surface area contributed by atoms with Crippen molar-refractivity contribution in [2.24, 2.45) is 5.92 Å². The molecule has 1 fully saturated rings. The second kappa shape index (κ2) is 6.54. The number of carbonyl (C=O) groups is 1. The number of aromatic nitrogens is 4. The van der Waals surface area contributed by atoms with Gasteiger partial charge >= 0.3 is 5.97 Å². The topological polar surface area (TPSA) is 80.9 Å². The Hall–Kier alpha value is -1.46. The van der Waals surface area contributed by atoms with Crippen molar-refractivity contribution in [1.29, 1.82) is 0 Å². The third kappa shape index (κ3) is 3.41. The van der Waals surface area contributed by atoms with Crippen LogP contribution in [0.2, 0.25) is 0 Å². The van der Waals surface area contributed by atoms with E-state index in [0.717, 1.165) is 24.6 Å². The Balaban J connectivity index is 2.05. The van der Waals surface area contributed by atoms with E-state index in [1.54, 1.807) is 13.8 Å². The van der Waals surface area contributed by atoms with Gasteiger partial charge in [0.1, 0.15) is 0 Å². The first-order valence-corrected chi connectivity index (χ1v) is 7.99. The molecule has 1 heterocycles. The summed E-state index contributed by atoms with van der Waals surface area (Å²) in [5.74, 6) is 0.929. The summed E-state index contributed by atoms with van der Waals surface area (Å²) < 4.78 is 1.49. The molecule has 0 aromatic carbocycles. The average Bonchev–Trinajstić information content (AvgIpc) is 2.95. The van der Waals surface area contributed by atoms with Crippen LogP contribution in [0.4, 0.5) is 0 Å². The molecule has 0 saturated heterocycles. The van der Waals surface area contributed by atoms with Gasteiger partial charge in [-0.3, -0.25) is 0 Å². The van der Waals surface area contributed by atoms with Gasteiger partial charge in [0.15, 0.2) is 11.4 Å². The molecule has 1 N–H and O–H groups in total. The maximum atomic E-state index is 11.4.